The molecule has 0 unspecified atom stereocenters. The molecule has 2 heterocycles. The van der Waals surface area contributed by atoms with Crippen molar-refractivity contribution in [3.05, 3.63) is 35.3 Å². The Morgan fingerprint density at radius 1 is 1.35 bits per heavy atom. The van der Waals surface area contributed by atoms with Gasteiger partial charge in [0.15, 0.2) is 0 Å². The summed E-state index contributed by atoms with van der Waals surface area (Å²) < 4.78 is 13.4. The van der Waals surface area contributed by atoms with E-state index in [0.717, 1.165) is 35.1 Å². The number of hydrogen-bond acceptors (Lipinski definition) is 1. The number of rotatable bonds is 0. The summed E-state index contributed by atoms with van der Waals surface area (Å²) in [5.41, 5.74) is 2.75. The Morgan fingerprint density at radius 3 is 2.80 bits per heavy atom. The molecule has 1 aromatic heterocycles. The Kier molecular flexibility index (Phi) is 2.85. The van der Waals surface area contributed by atoms with Crippen LogP contribution in [0.4, 0.5) is 4.39 Å². The van der Waals surface area contributed by atoms with E-state index in [-0.39, 0.29) is 17.1 Å². The van der Waals surface area contributed by atoms with Crippen molar-refractivity contribution in [2.75, 3.05) is 6.54 Å². The van der Waals surface area contributed by atoms with E-state index >= 15 is 0 Å². The Balaban J connectivity index is 2.00. The summed E-state index contributed by atoms with van der Waals surface area (Å²) in [4.78, 5) is 17.6. The molecule has 3 nitrogen and oxygen atoms in total. The van der Waals surface area contributed by atoms with Crippen LogP contribution in [-0.4, -0.2) is 22.3 Å². The second-order valence-corrected chi connectivity index (χ2v) is 6.50. The van der Waals surface area contributed by atoms with Crippen LogP contribution in [0.3, 0.4) is 0 Å². The van der Waals surface area contributed by atoms with E-state index in [1.165, 1.54) is 6.07 Å². The molecule has 0 aliphatic carbocycles. The number of nitrogens with zero attached hydrogens (tertiary/aromatic N) is 1. The van der Waals surface area contributed by atoms with Crippen molar-refractivity contribution in [1.82, 2.24) is 9.88 Å². The maximum atomic E-state index is 13.4. The summed E-state index contributed by atoms with van der Waals surface area (Å²) in [6.07, 6.45) is 0.799. The number of amides is 1. The van der Waals surface area contributed by atoms with Gasteiger partial charge in [0.25, 0.3) is 0 Å². The Hall–Kier alpha value is -1.84. The first-order valence-corrected chi connectivity index (χ1v) is 6.94. The highest BCUT2D eigenvalue weighted by Crippen LogP contribution is 2.30. The predicted octanol–water partition coefficient (Wildman–Crippen LogP) is 3.24. The molecule has 1 N–H and O–H groups in total. The van der Waals surface area contributed by atoms with Crippen LogP contribution >= 0.6 is 0 Å². The van der Waals surface area contributed by atoms with Crippen molar-refractivity contribution in [3.8, 4) is 0 Å². The summed E-state index contributed by atoms with van der Waals surface area (Å²) in [5.74, 6) is -0.0903. The van der Waals surface area contributed by atoms with E-state index in [2.05, 4.69) is 4.98 Å². The summed E-state index contributed by atoms with van der Waals surface area (Å²) in [5, 5.41) is 0.895. The van der Waals surface area contributed by atoms with Gasteiger partial charge in [-0.15, -0.1) is 0 Å². The molecule has 106 valence electrons. The standard InChI is InChI=1S/C16H19FN2O/c1-16(2,3)15(20)19-7-6-14-12(9-19)11-8-10(17)4-5-13(11)18-14/h4-5,8,18H,6-7,9H2,1-3H3. The molecule has 3 rings (SSSR count). The number of fused-ring (bicyclic) bond motifs is 3. The van der Waals surface area contributed by atoms with Gasteiger partial charge in [-0.3, -0.25) is 4.79 Å². The highest BCUT2D eigenvalue weighted by Gasteiger charge is 2.30. The third-order valence-corrected chi connectivity index (χ3v) is 3.87. The Labute approximate surface area is 117 Å². The molecule has 4 heteroatoms. The zero-order valence-corrected chi connectivity index (χ0v) is 12.1. The fraction of sp³-hybridized carbons (Fsp3) is 0.438. The van der Waals surface area contributed by atoms with Crippen molar-refractivity contribution in [1.29, 1.82) is 0 Å². The Bertz CT molecular complexity index is 682. The molecule has 1 amide bonds. The van der Waals surface area contributed by atoms with E-state index in [4.69, 9.17) is 0 Å². The van der Waals surface area contributed by atoms with E-state index in [1.54, 1.807) is 12.1 Å². The maximum absolute atomic E-state index is 13.4. The first kappa shape index (κ1) is 13.2. The van der Waals surface area contributed by atoms with Gasteiger partial charge in [0.2, 0.25) is 5.91 Å². The molecular weight excluding hydrogens is 255 g/mol. The lowest BCUT2D eigenvalue weighted by Crippen LogP contribution is -2.42. The number of hydrogen-bond donors (Lipinski definition) is 1. The molecule has 0 saturated carbocycles. The monoisotopic (exact) mass is 274 g/mol. The summed E-state index contributed by atoms with van der Waals surface area (Å²) >= 11 is 0. The second kappa shape index (κ2) is 4.33. The van der Waals surface area contributed by atoms with Crippen LogP contribution in [0.1, 0.15) is 32.0 Å². The minimum absolute atomic E-state index is 0.147. The van der Waals surface area contributed by atoms with Gasteiger partial charge in [0, 0.05) is 47.1 Å². The average molecular weight is 274 g/mol. The SMILES string of the molecule is CC(C)(C)C(=O)N1CCc2[nH]c3ccc(F)cc3c2C1. The van der Waals surface area contributed by atoms with E-state index in [1.807, 2.05) is 25.7 Å². The van der Waals surface area contributed by atoms with Crippen LogP contribution in [0, 0.1) is 11.2 Å². The molecule has 1 aliphatic heterocycles. The number of benzene rings is 1. The average Bonchev–Trinajstić information content (AvgIpc) is 2.74. The van der Waals surface area contributed by atoms with Gasteiger partial charge in [-0.2, -0.15) is 0 Å². The van der Waals surface area contributed by atoms with Crippen molar-refractivity contribution in [2.24, 2.45) is 5.41 Å². The number of nitrogens with one attached hydrogen (secondary N) is 1. The quantitative estimate of drug-likeness (QED) is 0.786. The third-order valence-electron chi connectivity index (χ3n) is 3.87. The van der Waals surface area contributed by atoms with Crippen molar-refractivity contribution in [2.45, 2.75) is 33.7 Å². The van der Waals surface area contributed by atoms with Crippen molar-refractivity contribution < 1.29 is 9.18 Å². The largest absolute Gasteiger partial charge is 0.358 e. The lowest BCUT2D eigenvalue weighted by atomic mass is 9.93. The summed E-state index contributed by atoms with van der Waals surface area (Å²) in [6, 6.07) is 4.77. The first-order valence-electron chi connectivity index (χ1n) is 6.94. The molecule has 2 aromatic rings. The third kappa shape index (κ3) is 2.09. The second-order valence-electron chi connectivity index (χ2n) is 6.50. The van der Waals surface area contributed by atoms with E-state index in [0.29, 0.717) is 6.54 Å². The van der Waals surface area contributed by atoms with Crippen molar-refractivity contribution in [3.63, 3.8) is 0 Å². The zero-order valence-electron chi connectivity index (χ0n) is 12.1. The number of aromatic amines is 1. The van der Waals surface area contributed by atoms with Crippen LogP contribution in [0.5, 0.6) is 0 Å². The number of carbonyl (C=O) groups is 1. The van der Waals surface area contributed by atoms with Crippen LogP contribution in [0.25, 0.3) is 10.9 Å². The fourth-order valence-electron chi connectivity index (χ4n) is 2.83. The fourth-order valence-corrected chi connectivity index (χ4v) is 2.83. The number of carbonyl (C=O) groups excluding carboxylic acids is 1. The normalized spacial score (nSPS) is 15.5. The maximum Gasteiger partial charge on any atom is 0.228 e. The molecular formula is C16H19FN2O. The molecule has 0 bridgehead atoms. The number of H-pyrrole nitrogens is 1. The van der Waals surface area contributed by atoms with Crippen LogP contribution in [0.2, 0.25) is 0 Å². The zero-order chi connectivity index (χ0) is 14.5. The highest BCUT2D eigenvalue weighted by atomic mass is 19.1. The van der Waals surface area contributed by atoms with Crippen molar-refractivity contribution >= 4 is 16.8 Å². The predicted molar refractivity (Wildman–Crippen MR) is 76.8 cm³/mol. The topological polar surface area (TPSA) is 36.1 Å². The van der Waals surface area contributed by atoms with Gasteiger partial charge in [-0.05, 0) is 18.2 Å². The molecule has 0 saturated heterocycles. The number of halogens is 1. The van der Waals surface area contributed by atoms with Gasteiger partial charge in [0.05, 0.1) is 0 Å². The Morgan fingerprint density at radius 2 is 2.10 bits per heavy atom. The molecule has 0 fully saturated rings. The lowest BCUT2D eigenvalue weighted by Gasteiger charge is -2.32. The van der Waals surface area contributed by atoms with Gasteiger partial charge in [-0.1, -0.05) is 20.8 Å². The van der Waals surface area contributed by atoms with E-state index < -0.39 is 0 Å². The van der Waals surface area contributed by atoms with Crippen LogP contribution in [-0.2, 0) is 17.8 Å². The van der Waals surface area contributed by atoms with Crippen LogP contribution in [0.15, 0.2) is 18.2 Å². The molecule has 0 radical (unpaired) electrons. The van der Waals surface area contributed by atoms with Gasteiger partial charge in [-0.25, -0.2) is 4.39 Å². The van der Waals surface area contributed by atoms with Crippen LogP contribution < -0.4 is 0 Å². The molecule has 1 aromatic carbocycles. The van der Waals surface area contributed by atoms with Gasteiger partial charge >= 0.3 is 0 Å². The smallest absolute Gasteiger partial charge is 0.228 e. The molecule has 20 heavy (non-hydrogen) atoms. The first-order chi connectivity index (χ1) is 9.36. The highest BCUT2D eigenvalue weighted by molar-refractivity contribution is 5.87. The summed E-state index contributed by atoms with van der Waals surface area (Å²) in [7, 11) is 0. The minimum Gasteiger partial charge on any atom is -0.358 e. The molecule has 1 aliphatic rings. The summed E-state index contributed by atoms with van der Waals surface area (Å²) in [6.45, 7) is 7.08. The molecule has 0 atom stereocenters. The minimum atomic E-state index is -0.380. The van der Waals surface area contributed by atoms with E-state index in [9.17, 15) is 9.18 Å². The van der Waals surface area contributed by atoms with Gasteiger partial charge < -0.3 is 9.88 Å². The lowest BCUT2D eigenvalue weighted by molar-refractivity contribution is -0.140. The molecule has 0 spiro atoms. The van der Waals surface area contributed by atoms with Gasteiger partial charge in [0.1, 0.15) is 5.82 Å². The number of aromatic nitrogens is 1.